The lowest BCUT2D eigenvalue weighted by molar-refractivity contribution is -0.136. The third-order valence-electron chi connectivity index (χ3n) is 1.62. The predicted octanol–water partition coefficient (Wildman–Crippen LogP) is 1.27. The van der Waals surface area contributed by atoms with Gasteiger partial charge in [-0.1, -0.05) is 30.3 Å². The van der Waals surface area contributed by atoms with Crippen LogP contribution in [0.4, 0.5) is 0 Å². The van der Waals surface area contributed by atoms with E-state index in [1.807, 2.05) is 30.3 Å². The summed E-state index contributed by atoms with van der Waals surface area (Å²) in [5.41, 5.74) is 1.12. The van der Waals surface area contributed by atoms with E-state index in [-0.39, 0.29) is 6.42 Å². The number of rotatable bonds is 5. The van der Waals surface area contributed by atoms with Crippen LogP contribution in [0.5, 0.6) is 0 Å². The van der Waals surface area contributed by atoms with E-state index in [9.17, 15) is 4.79 Å². The maximum absolute atomic E-state index is 10.2. The van der Waals surface area contributed by atoms with Crippen molar-refractivity contribution in [1.82, 2.24) is 5.32 Å². The number of carboxylic acids is 1. The van der Waals surface area contributed by atoms with Gasteiger partial charge in [0.05, 0.1) is 6.42 Å². The van der Waals surface area contributed by atoms with Crippen molar-refractivity contribution >= 4 is 5.97 Å². The number of carboxylic acid groups (broad SMARTS) is 1. The smallest absolute Gasteiger partial charge is 0.304 e. The van der Waals surface area contributed by atoms with Crippen LogP contribution in [0.15, 0.2) is 30.3 Å². The molecule has 0 unspecified atom stereocenters. The van der Waals surface area contributed by atoms with Gasteiger partial charge in [0, 0.05) is 13.1 Å². The molecule has 0 heterocycles. The number of hydrogen-bond acceptors (Lipinski definition) is 1. The van der Waals surface area contributed by atoms with Gasteiger partial charge in [0.1, 0.15) is 0 Å². The molecule has 1 aromatic rings. The second kappa shape index (κ2) is 5.32. The maximum Gasteiger partial charge on any atom is 0.304 e. The van der Waals surface area contributed by atoms with Crippen LogP contribution in [-0.4, -0.2) is 17.6 Å². The van der Waals surface area contributed by atoms with E-state index in [0.717, 1.165) is 5.56 Å². The summed E-state index contributed by atoms with van der Waals surface area (Å²) >= 11 is 0. The Balaban J connectivity index is 2.17. The van der Waals surface area contributed by atoms with E-state index in [0.29, 0.717) is 13.1 Å². The number of nitrogens with zero attached hydrogens (tertiary/aromatic N) is 1. The van der Waals surface area contributed by atoms with E-state index >= 15 is 0 Å². The highest BCUT2D eigenvalue weighted by molar-refractivity contribution is 5.66. The first-order valence-electron chi connectivity index (χ1n) is 4.18. The Morgan fingerprint density at radius 3 is 2.62 bits per heavy atom. The van der Waals surface area contributed by atoms with Gasteiger partial charge in [-0.2, -0.15) is 0 Å². The van der Waals surface area contributed by atoms with Crippen molar-refractivity contribution in [3.8, 4) is 0 Å². The molecule has 0 saturated heterocycles. The molecule has 13 heavy (non-hydrogen) atoms. The average Bonchev–Trinajstić information content (AvgIpc) is 2.14. The number of aliphatic carboxylic acids is 1. The van der Waals surface area contributed by atoms with E-state index in [2.05, 4.69) is 5.32 Å². The fraction of sp³-hybridized carbons (Fsp3) is 0.300. The molecule has 3 nitrogen and oxygen atoms in total. The lowest BCUT2D eigenvalue weighted by Crippen LogP contribution is -2.10. The Morgan fingerprint density at radius 1 is 1.31 bits per heavy atom. The molecular weight excluding hydrogens is 166 g/mol. The van der Waals surface area contributed by atoms with Crippen LogP contribution < -0.4 is 5.32 Å². The average molecular weight is 178 g/mol. The van der Waals surface area contributed by atoms with Crippen molar-refractivity contribution in [1.29, 1.82) is 0 Å². The molecule has 0 bridgehead atoms. The Labute approximate surface area is 77.4 Å². The molecule has 1 rings (SSSR count). The summed E-state index contributed by atoms with van der Waals surface area (Å²) in [6.07, 6.45) is 0.118. The first kappa shape index (κ1) is 9.74. The van der Waals surface area contributed by atoms with Crippen LogP contribution in [-0.2, 0) is 11.3 Å². The van der Waals surface area contributed by atoms with Crippen molar-refractivity contribution in [2.45, 2.75) is 13.0 Å². The number of carbonyl (C=O) groups is 1. The monoisotopic (exact) mass is 178 g/mol. The fourth-order valence-corrected chi connectivity index (χ4v) is 0.966. The van der Waals surface area contributed by atoms with Crippen LogP contribution in [0.1, 0.15) is 12.0 Å². The van der Waals surface area contributed by atoms with Crippen LogP contribution >= 0.6 is 0 Å². The summed E-state index contributed by atoms with van der Waals surface area (Å²) in [5.74, 6) is -0.795. The molecule has 0 aliphatic heterocycles. The first-order valence-corrected chi connectivity index (χ1v) is 4.18. The Bertz CT molecular complexity index is 259. The van der Waals surface area contributed by atoms with Crippen LogP contribution in [0, 0.1) is 0 Å². The van der Waals surface area contributed by atoms with E-state index in [1.165, 1.54) is 0 Å². The molecule has 1 N–H and O–H groups in total. The molecule has 0 aliphatic rings. The van der Waals surface area contributed by atoms with Gasteiger partial charge in [-0.05, 0) is 5.56 Å². The van der Waals surface area contributed by atoms with E-state index in [1.54, 1.807) is 0 Å². The van der Waals surface area contributed by atoms with Crippen molar-refractivity contribution < 1.29 is 9.90 Å². The molecule has 0 fully saturated rings. The molecule has 1 radical (unpaired) electrons. The second-order valence-electron chi connectivity index (χ2n) is 2.73. The molecule has 69 valence electrons. The molecule has 1 aromatic carbocycles. The van der Waals surface area contributed by atoms with Gasteiger partial charge in [0.25, 0.3) is 0 Å². The quantitative estimate of drug-likeness (QED) is 0.690. The van der Waals surface area contributed by atoms with Crippen molar-refractivity contribution in [3.05, 3.63) is 35.9 Å². The SMILES string of the molecule is O=C(O)CC[N]Cc1ccccc1. The Hall–Kier alpha value is -1.35. The van der Waals surface area contributed by atoms with Gasteiger partial charge >= 0.3 is 5.97 Å². The standard InChI is InChI=1S/C10H12NO2/c12-10(13)6-7-11-8-9-4-2-1-3-5-9/h1-5H,6-8H2,(H,12,13). The van der Waals surface area contributed by atoms with Crippen LogP contribution in [0.3, 0.4) is 0 Å². The number of benzene rings is 1. The van der Waals surface area contributed by atoms with Crippen LogP contribution in [0.2, 0.25) is 0 Å². The highest BCUT2D eigenvalue weighted by Crippen LogP contribution is 1.97. The highest BCUT2D eigenvalue weighted by atomic mass is 16.4. The Kier molecular flexibility index (Phi) is 3.99. The maximum atomic E-state index is 10.2. The normalized spacial score (nSPS) is 9.85. The van der Waals surface area contributed by atoms with Crippen molar-refractivity contribution in [2.24, 2.45) is 0 Å². The molecule has 0 atom stereocenters. The topological polar surface area (TPSA) is 51.4 Å². The third-order valence-corrected chi connectivity index (χ3v) is 1.62. The summed E-state index contributed by atoms with van der Waals surface area (Å²) in [4.78, 5) is 10.2. The van der Waals surface area contributed by atoms with E-state index < -0.39 is 5.97 Å². The zero-order valence-corrected chi connectivity index (χ0v) is 7.31. The molecule has 3 heteroatoms. The molecule has 0 spiro atoms. The minimum Gasteiger partial charge on any atom is -0.481 e. The zero-order chi connectivity index (χ0) is 9.52. The van der Waals surface area contributed by atoms with Gasteiger partial charge in [-0.25, -0.2) is 5.32 Å². The lowest BCUT2D eigenvalue weighted by Gasteiger charge is -1.99. The summed E-state index contributed by atoms with van der Waals surface area (Å²) in [5, 5.41) is 12.5. The summed E-state index contributed by atoms with van der Waals surface area (Å²) in [6, 6.07) is 9.79. The summed E-state index contributed by atoms with van der Waals surface area (Å²) in [7, 11) is 0. The minimum atomic E-state index is -0.795. The van der Waals surface area contributed by atoms with Gasteiger partial charge in [-0.15, -0.1) is 0 Å². The van der Waals surface area contributed by atoms with E-state index in [4.69, 9.17) is 5.11 Å². The highest BCUT2D eigenvalue weighted by Gasteiger charge is 1.96. The van der Waals surface area contributed by atoms with Crippen molar-refractivity contribution in [3.63, 3.8) is 0 Å². The molecule has 0 amide bonds. The first-order chi connectivity index (χ1) is 6.29. The molecule has 0 aromatic heterocycles. The molecule has 0 aliphatic carbocycles. The van der Waals surface area contributed by atoms with Gasteiger partial charge in [-0.3, -0.25) is 4.79 Å². The summed E-state index contributed by atoms with van der Waals surface area (Å²) < 4.78 is 0. The fourth-order valence-electron chi connectivity index (χ4n) is 0.966. The number of hydrogen-bond donors (Lipinski definition) is 1. The van der Waals surface area contributed by atoms with Crippen molar-refractivity contribution in [2.75, 3.05) is 6.54 Å². The van der Waals surface area contributed by atoms with Gasteiger partial charge in [0.2, 0.25) is 0 Å². The largest absolute Gasteiger partial charge is 0.481 e. The summed E-state index contributed by atoms with van der Waals surface area (Å²) in [6.45, 7) is 0.998. The van der Waals surface area contributed by atoms with Gasteiger partial charge < -0.3 is 5.11 Å². The molecule has 0 saturated carbocycles. The van der Waals surface area contributed by atoms with Crippen LogP contribution in [0.25, 0.3) is 0 Å². The third kappa shape index (κ3) is 4.28. The molecular formula is C10H12NO2. The second-order valence-corrected chi connectivity index (χ2v) is 2.73. The predicted molar refractivity (Wildman–Crippen MR) is 49.4 cm³/mol. The lowest BCUT2D eigenvalue weighted by atomic mass is 10.2. The minimum absolute atomic E-state index is 0.118. The Morgan fingerprint density at radius 2 is 2.00 bits per heavy atom. The van der Waals surface area contributed by atoms with Gasteiger partial charge in [0.15, 0.2) is 0 Å². The zero-order valence-electron chi connectivity index (χ0n) is 7.31.